The molecule has 4 N–H and O–H groups in total. The monoisotopic (exact) mass is 562 g/mol. The maximum atomic E-state index is 11.7. The molecule has 2 aliphatic heterocycles. The Morgan fingerprint density at radius 3 is 1.59 bits per heavy atom. The number of rotatable bonds is 11. The van der Waals surface area contributed by atoms with Crippen LogP contribution in [-0.4, -0.2) is 115 Å². The molecule has 0 amide bonds. The molecule has 8 atom stereocenters. The summed E-state index contributed by atoms with van der Waals surface area (Å²) in [7, 11) is -1.19. The Balaban J connectivity index is 0.000000375. The third-order valence-electron chi connectivity index (χ3n) is 5.16. The Morgan fingerprint density at radius 1 is 0.838 bits per heavy atom. The zero-order chi connectivity index (χ0) is 28.3. The van der Waals surface area contributed by atoms with Gasteiger partial charge in [-0.05, 0) is 27.7 Å². The smallest absolute Gasteiger partial charge is 0.463 e. The molecule has 0 aromatic heterocycles. The zero-order valence-corrected chi connectivity index (χ0v) is 23.3. The predicted octanol–water partition coefficient (Wildman–Crippen LogP) is 0.477. The number of carbonyl (C=O) groups is 1. The summed E-state index contributed by atoms with van der Waals surface area (Å²) in [4.78, 5) is 10.7. The zero-order valence-electron chi connectivity index (χ0n) is 22.4. The van der Waals surface area contributed by atoms with Gasteiger partial charge in [0.05, 0.1) is 43.2 Å². The van der Waals surface area contributed by atoms with Gasteiger partial charge in [0.25, 0.3) is 0 Å². The molecule has 2 saturated heterocycles. The van der Waals surface area contributed by atoms with Gasteiger partial charge < -0.3 is 44.1 Å². The Hall–Kier alpha value is -0.740. The van der Waals surface area contributed by atoms with Crippen molar-refractivity contribution >= 4 is 13.8 Å². The van der Waals surface area contributed by atoms with Crippen LogP contribution >= 0.6 is 7.82 Å². The van der Waals surface area contributed by atoms with Crippen LogP contribution in [0.15, 0.2) is 0 Å². The molecule has 37 heavy (non-hydrogen) atoms. The van der Waals surface area contributed by atoms with Crippen molar-refractivity contribution in [3.05, 3.63) is 0 Å². The molecule has 0 unspecified atom stereocenters. The number of aliphatic hydroxyl groups is 4. The predicted molar refractivity (Wildman–Crippen MR) is 127 cm³/mol. The first-order chi connectivity index (χ1) is 17.2. The fourth-order valence-corrected chi connectivity index (χ4v) is 4.08. The molecule has 0 aromatic carbocycles. The maximum Gasteiger partial charge on any atom is 0.474 e. The van der Waals surface area contributed by atoms with E-state index in [2.05, 4.69) is 9.05 Å². The van der Waals surface area contributed by atoms with Crippen LogP contribution in [0, 0.1) is 0 Å². The Bertz CT molecular complexity index is 699. The van der Waals surface area contributed by atoms with Crippen LogP contribution < -0.4 is 0 Å². The summed E-state index contributed by atoms with van der Waals surface area (Å²) in [6, 6.07) is 0. The average molecular weight is 563 g/mol. The quantitative estimate of drug-likeness (QED) is 0.201. The lowest BCUT2D eigenvalue weighted by molar-refractivity contribution is -0.281. The van der Waals surface area contributed by atoms with Crippen LogP contribution in [0.2, 0.25) is 0 Å². The van der Waals surface area contributed by atoms with Crippen molar-refractivity contribution in [1.29, 1.82) is 0 Å². The summed E-state index contributed by atoms with van der Waals surface area (Å²) in [5, 5.41) is 38.9. The van der Waals surface area contributed by atoms with Crippen molar-refractivity contribution in [2.45, 2.75) is 109 Å². The van der Waals surface area contributed by atoms with E-state index in [-0.39, 0.29) is 38.3 Å². The number of phosphoric acid groups is 1. The lowest BCUT2D eigenvalue weighted by atomic mass is 10.0. The van der Waals surface area contributed by atoms with Gasteiger partial charge >= 0.3 is 13.8 Å². The van der Waals surface area contributed by atoms with Crippen molar-refractivity contribution in [3.8, 4) is 0 Å². The molecule has 0 saturated carbocycles. The molecule has 2 rings (SSSR count). The first kappa shape index (κ1) is 34.3. The van der Waals surface area contributed by atoms with E-state index >= 15 is 0 Å². The highest BCUT2D eigenvalue weighted by atomic mass is 31.2. The fraction of sp³-hybridized carbons (Fsp3) is 0.955. The van der Waals surface area contributed by atoms with Gasteiger partial charge in [-0.15, -0.1) is 0 Å². The summed E-state index contributed by atoms with van der Waals surface area (Å²) < 4.78 is 52.4. The minimum absolute atomic E-state index is 0.0526. The molecule has 220 valence electrons. The molecule has 0 spiro atoms. The molecule has 0 aromatic rings. The van der Waals surface area contributed by atoms with Gasteiger partial charge in [-0.3, -0.25) is 18.4 Å². The molecule has 2 aliphatic rings. The van der Waals surface area contributed by atoms with Crippen LogP contribution in [0.5, 0.6) is 0 Å². The van der Waals surface area contributed by atoms with E-state index in [9.17, 15) is 29.8 Å². The summed E-state index contributed by atoms with van der Waals surface area (Å²) in [5.41, 5.74) is 0. The van der Waals surface area contributed by atoms with E-state index in [0.717, 1.165) is 0 Å². The van der Waals surface area contributed by atoms with Crippen molar-refractivity contribution < 1.29 is 67.0 Å². The van der Waals surface area contributed by atoms with Gasteiger partial charge in [-0.2, -0.15) is 0 Å². The molecular formula is C22H43O14P. The minimum atomic E-state index is -3.60. The topological polar surface area (TPSA) is 189 Å². The standard InChI is InChI=1S/C11H23O8P.C11H20O6/c1-7(2)18-11-10(13)9(12)5-8(19-11)6-17-20(14,15-3)16-4;1-6(2)16-11-10(14)9(13)4-8(17-11)5-15-7(3)12/h7-13H,5-6H2,1-4H3;6,8-11,13-14H,4-5H2,1-3H3/t2*8-,9+,10+,11+/m00/s1. The highest BCUT2D eigenvalue weighted by Crippen LogP contribution is 2.47. The maximum absolute atomic E-state index is 11.7. The molecular weight excluding hydrogens is 519 g/mol. The number of carbonyl (C=O) groups excluding carboxylic acids is 1. The Morgan fingerprint density at radius 2 is 1.24 bits per heavy atom. The Kier molecular flexibility index (Phi) is 15.2. The summed E-state index contributed by atoms with van der Waals surface area (Å²) in [6.07, 6.45) is -7.01. The Labute approximate surface area is 217 Å². The van der Waals surface area contributed by atoms with Crippen LogP contribution in [0.3, 0.4) is 0 Å². The minimum Gasteiger partial charge on any atom is -0.463 e. The summed E-state index contributed by atoms with van der Waals surface area (Å²) in [5.74, 6) is -0.407. The summed E-state index contributed by atoms with van der Waals surface area (Å²) >= 11 is 0. The molecule has 14 nitrogen and oxygen atoms in total. The lowest BCUT2D eigenvalue weighted by Crippen LogP contribution is -2.51. The van der Waals surface area contributed by atoms with Gasteiger partial charge in [-0.25, -0.2) is 4.57 Å². The average Bonchev–Trinajstić information content (AvgIpc) is 2.82. The summed E-state index contributed by atoms with van der Waals surface area (Å²) in [6.45, 7) is 8.42. The number of phosphoric ester groups is 1. The first-order valence-corrected chi connectivity index (χ1v) is 13.5. The van der Waals surface area contributed by atoms with Crippen molar-refractivity contribution in [2.75, 3.05) is 27.4 Å². The van der Waals surface area contributed by atoms with Crippen LogP contribution in [0.1, 0.15) is 47.5 Å². The van der Waals surface area contributed by atoms with E-state index in [1.54, 1.807) is 27.7 Å². The number of hydrogen-bond donors (Lipinski definition) is 4. The molecule has 2 heterocycles. The van der Waals surface area contributed by atoms with Crippen LogP contribution in [0.25, 0.3) is 0 Å². The number of ether oxygens (including phenoxy) is 5. The lowest BCUT2D eigenvalue weighted by Gasteiger charge is -2.37. The van der Waals surface area contributed by atoms with Gasteiger partial charge in [0.1, 0.15) is 18.8 Å². The highest BCUT2D eigenvalue weighted by molar-refractivity contribution is 7.48. The van der Waals surface area contributed by atoms with E-state index in [1.165, 1.54) is 21.1 Å². The molecule has 15 heteroatoms. The SMILES string of the molecule is CC(=O)OC[C@@H]1C[C@@H](O)[C@@H](O)[C@H](OC(C)C)O1.COP(=O)(OC)OC[C@@H]1C[C@@H](O)[C@@H](O)[C@H](OC(C)C)O1. The second kappa shape index (κ2) is 16.4. The van der Waals surface area contributed by atoms with Crippen LogP contribution in [-0.2, 0) is 46.6 Å². The third kappa shape index (κ3) is 12.3. The van der Waals surface area contributed by atoms with Gasteiger partial charge in [0.2, 0.25) is 0 Å². The van der Waals surface area contributed by atoms with Crippen LogP contribution in [0.4, 0.5) is 0 Å². The van der Waals surface area contributed by atoms with E-state index < -0.39 is 63.0 Å². The highest BCUT2D eigenvalue weighted by Gasteiger charge is 2.40. The number of hydrogen-bond acceptors (Lipinski definition) is 14. The fourth-order valence-electron chi connectivity index (χ4n) is 3.37. The van der Waals surface area contributed by atoms with Gasteiger partial charge in [0.15, 0.2) is 12.6 Å². The number of esters is 1. The van der Waals surface area contributed by atoms with Crippen molar-refractivity contribution in [2.24, 2.45) is 0 Å². The largest absolute Gasteiger partial charge is 0.474 e. The third-order valence-corrected chi connectivity index (χ3v) is 6.52. The molecule has 2 fully saturated rings. The van der Waals surface area contributed by atoms with Gasteiger partial charge in [0, 0.05) is 34.0 Å². The second-order valence-electron chi connectivity index (χ2n) is 9.12. The second-order valence-corrected chi connectivity index (χ2v) is 11.0. The normalized spacial score (nSPS) is 32.7. The first-order valence-electron chi connectivity index (χ1n) is 12.0. The van der Waals surface area contributed by atoms with Crippen molar-refractivity contribution in [1.82, 2.24) is 0 Å². The molecule has 0 bridgehead atoms. The number of aliphatic hydroxyl groups excluding tert-OH is 4. The van der Waals surface area contributed by atoms with E-state index in [0.29, 0.717) is 0 Å². The van der Waals surface area contributed by atoms with E-state index in [1.807, 2.05) is 0 Å². The molecule has 0 radical (unpaired) electrons. The van der Waals surface area contributed by atoms with Crippen molar-refractivity contribution in [3.63, 3.8) is 0 Å². The van der Waals surface area contributed by atoms with E-state index in [4.69, 9.17) is 28.2 Å². The molecule has 0 aliphatic carbocycles. The van der Waals surface area contributed by atoms with Gasteiger partial charge in [-0.1, -0.05) is 0 Å².